The normalized spacial score (nSPS) is 11.2. The van der Waals surface area contributed by atoms with Crippen LogP contribution in [0.1, 0.15) is 11.1 Å². The van der Waals surface area contributed by atoms with Crippen LogP contribution in [0.15, 0.2) is 42.5 Å². The summed E-state index contributed by atoms with van der Waals surface area (Å²) in [6.07, 6.45) is -4.70. The first-order valence-electron chi connectivity index (χ1n) is 5.77. The number of nitrogens with one attached hydrogen (secondary N) is 1. The van der Waals surface area contributed by atoms with Crippen molar-refractivity contribution in [3.63, 3.8) is 0 Å². The predicted molar refractivity (Wildman–Crippen MR) is 68.9 cm³/mol. The highest BCUT2D eigenvalue weighted by Crippen LogP contribution is 2.35. The molecule has 0 aliphatic heterocycles. The maximum atomic E-state index is 13.4. The molecule has 0 aromatic heterocycles. The molecular weight excluding hydrogens is 288 g/mol. The monoisotopic (exact) mass is 298 g/mol. The van der Waals surface area contributed by atoms with E-state index >= 15 is 0 Å². The molecule has 0 unspecified atom stereocenters. The van der Waals surface area contributed by atoms with E-state index in [9.17, 15) is 17.6 Å². The van der Waals surface area contributed by atoms with Crippen LogP contribution in [-0.4, -0.2) is 5.84 Å². The number of para-hydroxylation sites is 1. The van der Waals surface area contributed by atoms with Gasteiger partial charge >= 0.3 is 6.18 Å². The molecule has 0 aliphatic carbocycles. The topological polar surface area (TPSA) is 59.1 Å². The summed E-state index contributed by atoms with van der Waals surface area (Å²) in [5.74, 6) is -1.79. The van der Waals surface area contributed by atoms with Gasteiger partial charge in [0, 0.05) is 5.56 Å². The molecule has 0 aliphatic rings. The Kier molecular flexibility index (Phi) is 3.84. The predicted octanol–water partition coefficient (Wildman–Crippen LogP) is 3.92. The summed E-state index contributed by atoms with van der Waals surface area (Å²) in [5, 5.41) is 7.16. The van der Waals surface area contributed by atoms with Gasteiger partial charge in [0.25, 0.3) is 0 Å². The van der Waals surface area contributed by atoms with Crippen molar-refractivity contribution in [3.8, 4) is 11.5 Å². The van der Waals surface area contributed by atoms with Crippen molar-refractivity contribution in [2.45, 2.75) is 6.18 Å². The number of hydrogen-bond acceptors (Lipinski definition) is 2. The number of nitrogen functional groups attached to an aromatic ring is 1. The Morgan fingerprint density at radius 1 is 1.10 bits per heavy atom. The lowest BCUT2D eigenvalue weighted by atomic mass is 10.1. The zero-order chi connectivity index (χ0) is 15.6. The van der Waals surface area contributed by atoms with Crippen LogP contribution in [0.2, 0.25) is 0 Å². The van der Waals surface area contributed by atoms with Gasteiger partial charge in [-0.05, 0) is 30.3 Å². The van der Waals surface area contributed by atoms with Crippen LogP contribution in [0.25, 0.3) is 0 Å². The van der Waals surface area contributed by atoms with Gasteiger partial charge < -0.3 is 10.5 Å². The van der Waals surface area contributed by atoms with Gasteiger partial charge in [0.15, 0.2) is 11.6 Å². The largest absolute Gasteiger partial charge is 0.454 e. The van der Waals surface area contributed by atoms with Gasteiger partial charge in [-0.3, -0.25) is 5.41 Å². The summed E-state index contributed by atoms with van der Waals surface area (Å²) in [6, 6.07) is 8.24. The van der Waals surface area contributed by atoms with Gasteiger partial charge in [0.05, 0.1) is 5.56 Å². The molecule has 0 saturated heterocycles. The van der Waals surface area contributed by atoms with Crippen LogP contribution < -0.4 is 10.5 Å². The fourth-order valence-corrected chi connectivity index (χ4v) is 1.71. The quantitative estimate of drug-likeness (QED) is 0.512. The minimum atomic E-state index is -4.70. The van der Waals surface area contributed by atoms with Crippen LogP contribution in [0.5, 0.6) is 11.5 Å². The molecule has 0 heterocycles. The van der Waals surface area contributed by atoms with Gasteiger partial charge in [-0.2, -0.15) is 13.2 Å². The van der Waals surface area contributed by atoms with Gasteiger partial charge in [0.1, 0.15) is 11.6 Å². The number of amidine groups is 1. The summed E-state index contributed by atoms with van der Waals surface area (Å²) in [5.41, 5.74) is 3.56. The summed E-state index contributed by atoms with van der Waals surface area (Å²) < 4.78 is 57.3. The molecule has 0 spiro atoms. The molecule has 0 amide bonds. The van der Waals surface area contributed by atoms with E-state index in [1.54, 1.807) is 0 Å². The Morgan fingerprint density at radius 2 is 1.76 bits per heavy atom. The highest BCUT2D eigenvalue weighted by Gasteiger charge is 2.34. The third kappa shape index (κ3) is 3.31. The molecule has 21 heavy (non-hydrogen) atoms. The van der Waals surface area contributed by atoms with Crippen LogP contribution >= 0.6 is 0 Å². The number of alkyl halides is 3. The Bertz CT molecular complexity index is 683. The molecule has 0 bridgehead atoms. The van der Waals surface area contributed by atoms with Crippen LogP contribution in [-0.2, 0) is 6.18 Å². The van der Waals surface area contributed by atoms with E-state index in [4.69, 9.17) is 15.9 Å². The van der Waals surface area contributed by atoms with Crippen LogP contribution in [0, 0.1) is 11.2 Å². The molecule has 2 aromatic carbocycles. The van der Waals surface area contributed by atoms with Crippen molar-refractivity contribution < 1.29 is 22.3 Å². The maximum Gasteiger partial charge on any atom is 0.417 e. The zero-order valence-corrected chi connectivity index (χ0v) is 10.5. The summed E-state index contributed by atoms with van der Waals surface area (Å²) in [7, 11) is 0. The van der Waals surface area contributed by atoms with E-state index in [1.165, 1.54) is 24.3 Å². The highest BCUT2D eigenvalue weighted by atomic mass is 19.4. The Hall–Kier alpha value is -2.57. The SMILES string of the molecule is N=C(N)c1ccc(Oc2ccccc2F)cc1C(F)(F)F. The fraction of sp³-hybridized carbons (Fsp3) is 0.0714. The van der Waals surface area contributed by atoms with Gasteiger partial charge in [0.2, 0.25) is 0 Å². The number of rotatable bonds is 3. The molecule has 0 saturated carbocycles. The average molecular weight is 298 g/mol. The molecule has 3 N–H and O–H groups in total. The number of halogens is 4. The summed E-state index contributed by atoms with van der Waals surface area (Å²) in [4.78, 5) is 0. The smallest absolute Gasteiger partial charge is 0.417 e. The second-order valence-corrected chi connectivity index (χ2v) is 4.15. The van der Waals surface area contributed by atoms with E-state index in [-0.39, 0.29) is 11.5 Å². The van der Waals surface area contributed by atoms with E-state index in [0.29, 0.717) is 6.07 Å². The Balaban J connectivity index is 2.43. The molecule has 0 atom stereocenters. The Labute approximate surface area is 117 Å². The number of ether oxygens (including phenoxy) is 1. The lowest BCUT2D eigenvalue weighted by Crippen LogP contribution is -2.18. The number of hydrogen-bond donors (Lipinski definition) is 2. The first-order valence-corrected chi connectivity index (χ1v) is 5.77. The number of nitrogens with two attached hydrogens (primary N) is 1. The molecule has 7 heteroatoms. The van der Waals surface area contributed by atoms with Crippen LogP contribution in [0.3, 0.4) is 0 Å². The average Bonchev–Trinajstić information content (AvgIpc) is 2.40. The van der Waals surface area contributed by atoms with E-state index < -0.39 is 29.0 Å². The van der Waals surface area contributed by atoms with Gasteiger partial charge in [-0.15, -0.1) is 0 Å². The first kappa shape index (κ1) is 14.8. The molecule has 110 valence electrons. The minimum Gasteiger partial charge on any atom is -0.454 e. The van der Waals surface area contributed by atoms with Crippen molar-refractivity contribution >= 4 is 5.84 Å². The third-order valence-corrected chi connectivity index (χ3v) is 2.65. The van der Waals surface area contributed by atoms with Crippen molar-refractivity contribution in [1.29, 1.82) is 5.41 Å². The first-order chi connectivity index (χ1) is 9.79. The molecular formula is C14H10F4N2O. The summed E-state index contributed by atoms with van der Waals surface area (Å²) >= 11 is 0. The van der Waals surface area contributed by atoms with Crippen molar-refractivity contribution in [2.24, 2.45) is 5.73 Å². The lowest BCUT2D eigenvalue weighted by Gasteiger charge is -2.14. The van der Waals surface area contributed by atoms with E-state index in [0.717, 1.165) is 12.1 Å². The maximum absolute atomic E-state index is 13.4. The standard InChI is InChI=1S/C14H10F4N2O/c15-11-3-1-2-4-12(11)21-8-5-6-9(13(19)20)10(7-8)14(16,17)18/h1-7H,(H3,19,20). The van der Waals surface area contributed by atoms with Crippen LogP contribution in [0.4, 0.5) is 17.6 Å². The molecule has 2 rings (SSSR count). The molecule has 0 radical (unpaired) electrons. The number of benzene rings is 2. The van der Waals surface area contributed by atoms with Crippen molar-refractivity contribution in [2.75, 3.05) is 0 Å². The molecule has 0 fully saturated rings. The Morgan fingerprint density at radius 3 is 2.33 bits per heavy atom. The molecule has 2 aromatic rings. The van der Waals surface area contributed by atoms with Crippen molar-refractivity contribution in [3.05, 3.63) is 59.4 Å². The summed E-state index contributed by atoms with van der Waals surface area (Å²) in [6.45, 7) is 0. The van der Waals surface area contributed by atoms with Gasteiger partial charge in [-0.1, -0.05) is 12.1 Å². The van der Waals surface area contributed by atoms with E-state index in [2.05, 4.69) is 0 Å². The highest BCUT2D eigenvalue weighted by molar-refractivity contribution is 5.96. The fourth-order valence-electron chi connectivity index (χ4n) is 1.71. The van der Waals surface area contributed by atoms with E-state index in [1.807, 2.05) is 0 Å². The van der Waals surface area contributed by atoms with Crippen molar-refractivity contribution in [1.82, 2.24) is 0 Å². The minimum absolute atomic E-state index is 0.193. The zero-order valence-electron chi connectivity index (χ0n) is 10.5. The second-order valence-electron chi connectivity index (χ2n) is 4.15. The third-order valence-electron chi connectivity index (χ3n) is 2.65. The molecule has 3 nitrogen and oxygen atoms in total. The van der Waals surface area contributed by atoms with Gasteiger partial charge in [-0.25, -0.2) is 4.39 Å². The lowest BCUT2D eigenvalue weighted by molar-refractivity contribution is -0.137. The second kappa shape index (κ2) is 5.43.